The van der Waals surface area contributed by atoms with E-state index in [1.54, 1.807) is 0 Å². The van der Waals surface area contributed by atoms with E-state index in [-0.39, 0.29) is 36.3 Å². The number of halogens is 2. The van der Waals surface area contributed by atoms with E-state index in [9.17, 15) is 18.7 Å². The third kappa shape index (κ3) is 3.23. The fraction of sp³-hybridized carbons (Fsp3) is 0.562. The molecule has 1 aliphatic heterocycles. The second-order valence-corrected chi connectivity index (χ2v) is 6.09. The molecule has 0 spiro atoms. The molecule has 0 saturated carbocycles. The number of aliphatic hydroxyl groups is 1. The molecule has 0 aliphatic carbocycles. The summed E-state index contributed by atoms with van der Waals surface area (Å²) in [6, 6.07) is 2.61. The van der Waals surface area contributed by atoms with Crippen LogP contribution in [0.3, 0.4) is 0 Å². The Bertz CT molecular complexity index is 533. The molecule has 1 aromatic rings. The lowest BCUT2D eigenvalue weighted by molar-refractivity contribution is -0.137. The minimum absolute atomic E-state index is 0.129. The summed E-state index contributed by atoms with van der Waals surface area (Å²) in [5.74, 6) is -1.31. The summed E-state index contributed by atoms with van der Waals surface area (Å²) in [6.07, 6.45) is -0.474. The minimum Gasteiger partial charge on any atom is -0.391 e. The lowest BCUT2D eigenvalue weighted by Gasteiger charge is -2.29. The van der Waals surface area contributed by atoms with Gasteiger partial charge in [0.15, 0.2) is 0 Å². The molecule has 5 heteroatoms. The molecule has 3 unspecified atom stereocenters. The molecule has 0 bridgehead atoms. The van der Waals surface area contributed by atoms with Gasteiger partial charge in [-0.25, -0.2) is 8.78 Å². The number of hydrogen-bond acceptors (Lipinski definition) is 2. The Morgan fingerprint density at radius 3 is 2.62 bits per heavy atom. The van der Waals surface area contributed by atoms with Crippen LogP contribution in [0.15, 0.2) is 18.2 Å². The van der Waals surface area contributed by atoms with Crippen molar-refractivity contribution in [3.05, 3.63) is 35.4 Å². The van der Waals surface area contributed by atoms with Crippen molar-refractivity contribution in [2.45, 2.75) is 39.3 Å². The first-order chi connectivity index (χ1) is 9.81. The zero-order valence-electron chi connectivity index (χ0n) is 12.5. The second kappa shape index (κ2) is 6.10. The Kier molecular flexibility index (Phi) is 4.61. The van der Waals surface area contributed by atoms with Gasteiger partial charge in [0.05, 0.1) is 12.1 Å². The Balaban J connectivity index is 2.32. The molecular weight excluding hydrogens is 276 g/mol. The van der Waals surface area contributed by atoms with Gasteiger partial charge < -0.3 is 10.0 Å². The number of benzene rings is 1. The van der Waals surface area contributed by atoms with Gasteiger partial charge in [-0.05, 0) is 30.5 Å². The zero-order chi connectivity index (χ0) is 15.7. The minimum atomic E-state index is -0.707. The van der Waals surface area contributed by atoms with Crippen LogP contribution < -0.4 is 0 Å². The monoisotopic (exact) mass is 297 g/mol. The van der Waals surface area contributed by atoms with E-state index in [2.05, 4.69) is 0 Å². The summed E-state index contributed by atoms with van der Waals surface area (Å²) >= 11 is 0. The van der Waals surface area contributed by atoms with Crippen LogP contribution in [0.4, 0.5) is 8.78 Å². The average Bonchev–Trinajstić information content (AvgIpc) is 2.81. The Hall–Kier alpha value is -1.49. The predicted molar refractivity (Wildman–Crippen MR) is 75.4 cm³/mol. The van der Waals surface area contributed by atoms with Crippen molar-refractivity contribution >= 4 is 5.91 Å². The summed E-state index contributed by atoms with van der Waals surface area (Å²) in [4.78, 5) is 14.0. The molecule has 1 aliphatic rings. The topological polar surface area (TPSA) is 40.5 Å². The van der Waals surface area contributed by atoms with Crippen molar-refractivity contribution in [1.29, 1.82) is 0 Å². The Labute approximate surface area is 123 Å². The lowest BCUT2D eigenvalue weighted by Crippen LogP contribution is -2.37. The van der Waals surface area contributed by atoms with Crippen LogP contribution in [0.5, 0.6) is 0 Å². The van der Waals surface area contributed by atoms with E-state index in [0.29, 0.717) is 0 Å². The summed E-state index contributed by atoms with van der Waals surface area (Å²) in [6.45, 7) is 5.85. The largest absolute Gasteiger partial charge is 0.391 e. The van der Waals surface area contributed by atoms with Gasteiger partial charge in [0.25, 0.3) is 0 Å². The zero-order valence-corrected chi connectivity index (χ0v) is 12.5. The van der Waals surface area contributed by atoms with E-state index in [1.165, 1.54) is 4.90 Å². The summed E-state index contributed by atoms with van der Waals surface area (Å²) < 4.78 is 27.3. The smallest absolute Gasteiger partial charge is 0.226 e. The number of nitrogens with zero attached hydrogens (tertiary/aromatic N) is 1. The maximum Gasteiger partial charge on any atom is 0.226 e. The first-order valence-corrected chi connectivity index (χ1v) is 7.24. The normalized spacial score (nSPS) is 23.7. The Morgan fingerprint density at radius 1 is 1.33 bits per heavy atom. The van der Waals surface area contributed by atoms with Crippen LogP contribution in [0.1, 0.15) is 38.8 Å². The van der Waals surface area contributed by atoms with Gasteiger partial charge in [-0.3, -0.25) is 4.79 Å². The third-order valence-electron chi connectivity index (χ3n) is 4.27. The fourth-order valence-electron chi connectivity index (χ4n) is 2.67. The number of aliphatic hydroxyl groups excluding tert-OH is 1. The van der Waals surface area contributed by atoms with E-state index < -0.39 is 23.8 Å². The third-order valence-corrected chi connectivity index (χ3v) is 4.27. The average molecular weight is 297 g/mol. The van der Waals surface area contributed by atoms with Crippen LogP contribution in [-0.4, -0.2) is 28.6 Å². The van der Waals surface area contributed by atoms with Gasteiger partial charge in [0.1, 0.15) is 11.6 Å². The van der Waals surface area contributed by atoms with Crippen LogP contribution >= 0.6 is 0 Å². The van der Waals surface area contributed by atoms with Crippen LogP contribution in [0.25, 0.3) is 0 Å². The number of carbonyl (C=O) groups excluding carboxylic acids is 1. The molecule has 1 fully saturated rings. The Morgan fingerprint density at radius 2 is 2.00 bits per heavy atom. The number of hydrogen-bond donors (Lipinski definition) is 1. The summed E-state index contributed by atoms with van der Waals surface area (Å²) in [5, 5.41) is 9.85. The standard InChI is InChI=1S/C16H21F2NO2/c1-9(2)10(3)16(21)19-8-12(20)7-15(19)13-6-11(17)4-5-14(13)18/h4-6,9-10,12,15,20H,7-8H2,1-3H3. The number of amides is 1. The van der Waals surface area contributed by atoms with Gasteiger partial charge in [-0.15, -0.1) is 0 Å². The highest BCUT2D eigenvalue weighted by molar-refractivity contribution is 5.79. The number of β-amino-alcohol motifs (C(OH)–C–C–N with tert-alkyl or cyclic N) is 1. The highest BCUT2D eigenvalue weighted by Gasteiger charge is 2.38. The van der Waals surface area contributed by atoms with Gasteiger partial charge in [0, 0.05) is 18.0 Å². The quantitative estimate of drug-likeness (QED) is 0.932. The van der Waals surface area contributed by atoms with E-state index in [1.807, 2.05) is 20.8 Å². The van der Waals surface area contributed by atoms with Gasteiger partial charge in [-0.1, -0.05) is 20.8 Å². The molecule has 2 rings (SSSR count). The van der Waals surface area contributed by atoms with Crippen molar-refractivity contribution in [2.75, 3.05) is 6.54 Å². The maximum absolute atomic E-state index is 14.0. The van der Waals surface area contributed by atoms with Crippen molar-refractivity contribution in [1.82, 2.24) is 4.90 Å². The number of likely N-dealkylation sites (tertiary alicyclic amines) is 1. The second-order valence-electron chi connectivity index (χ2n) is 6.09. The number of rotatable bonds is 3. The molecule has 1 heterocycles. The molecule has 0 radical (unpaired) electrons. The lowest BCUT2D eigenvalue weighted by atomic mass is 9.95. The first kappa shape index (κ1) is 15.9. The number of carbonyl (C=O) groups is 1. The molecular formula is C16H21F2NO2. The SMILES string of the molecule is CC(C)C(C)C(=O)N1CC(O)CC1c1cc(F)ccc1F. The highest BCUT2D eigenvalue weighted by Crippen LogP contribution is 2.35. The molecule has 116 valence electrons. The molecule has 3 atom stereocenters. The van der Waals surface area contributed by atoms with Crippen molar-refractivity contribution in [3.63, 3.8) is 0 Å². The molecule has 21 heavy (non-hydrogen) atoms. The molecule has 1 amide bonds. The highest BCUT2D eigenvalue weighted by atomic mass is 19.1. The summed E-state index contributed by atoms with van der Waals surface area (Å²) in [7, 11) is 0. The van der Waals surface area contributed by atoms with E-state index in [0.717, 1.165) is 18.2 Å². The van der Waals surface area contributed by atoms with Crippen LogP contribution in [0.2, 0.25) is 0 Å². The van der Waals surface area contributed by atoms with E-state index in [4.69, 9.17) is 0 Å². The van der Waals surface area contributed by atoms with Crippen LogP contribution in [-0.2, 0) is 4.79 Å². The van der Waals surface area contributed by atoms with Gasteiger partial charge >= 0.3 is 0 Å². The van der Waals surface area contributed by atoms with Gasteiger partial charge in [-0.2, -0.15) is 0 Å². The fourth-order valence-corrected chi connectivity index (χ4v) is 2.67. The molecule has 0 aromatic heterocycles. The van der Waals surface area contributed by atoms with Crippen molar-refractivity contribution in [2.24, 2.45) is 11.8 Å². The molecule has 1 aromatic carbocycles. The molecule has 3 nitrogen and oxygen atoms in total. The van der Waals surface area contributed by atoms with E-state index >= 15 is 0 Å². The predicted octanol–water partition coefficient (Wildman–Crippen LogP) is 2.89. The maximum atomic E-state index is 14.0. The first-order valence-electron chi connectivity index (χ1n) is 7.24. The molecule has 1 N–H and O–H groups in total. The van der Waals surface area contributed by atoms with Crippen molar-refractivity contribution < 1.29 is 18.7 Å². The van der Waals surface area contributed by atoms with Crippen molar-refractivity contribution in [3.8, 4) is 0 Å². The van der Waals surface area contributed by atoms with Crippen LogP contribution in [0, 0.1) is 23.5 Å². The molecule has 1 saturated heterocycles. The summed E-state index contributed by atoms with van der Waals surface area (Å²) in [5.41, 5.74) is 0.135. The van der Waals surface area contributed by atoms with Gasteiger partial charge in [0.2, 0.25) is 5.91 Å².